The van der Waals surface area contributed by atoms with Crippen molar-refractivity contribution in [3.05, 3.63) is 83.8 Å². The molecule has 2 aromatic carbocycles. The third-order valence-corrected chi connectivity index (χ3v) is 5.61. The molecule has 176 valence electrons. The summed E-state index contributed by atoms with van der Waals surface area (Å²) in [7, 11) is 0. The molecule has 3 heterocycles. The molecule has 7 heteroatoms. The topological polar surface area (TPSA) is 101 Å². The molecule has 3 aromatic heterocycles. The molecule has 1 unspecified atom stereocenters. The van der Waals surface area contributed by atoms with Gasteiger partial charge in [0.2, 0.25) is 0 Å². The average molecular weight is 465 g/mol. The molecule has 0 radical (unpaired) electrons. The normalized spacial score (nSPS) is 11.3. The molecular formula is C28H28N6O. The summed E-state index contributed by atoms with van der Waals surface area (Å²) in [6.45, 7) is 7.77. The summed E-state index contributed by atoms with van der Waals surface area (Å²) in [4.78, 5) is 21.0. The van der Waals surface area contributed by atoms with Gasteiger partial charge in [0.05, 0.1) is 6.04 Å². The van der Waals surface area contributed by atoms with Crippen LogP contribution in [-0.2, 0) is 0 Å². The predicted molar refractivity (Wildman–Crippen MR) is 141 cm³/mol. The zero-order valence-electron chi connectivity index (χ0n) is 20.3. The standard InChI is InChI=1S/C26H22N6O.C2H6/c1-3-9-17-12-7-13-19-20(17)21(18-10-5-4-6-11-18)23(30-19)16(2)29-26(33)22-24(27)31-32-15-8-14-28-25(22)32;1-2/h4-8,10-16,30H,1-2H3,(H2,27,31)(H,29,33);1-2H3. The third kappa shape index (κ3) is 4.34. The van der Waals surface area contributed by atoms with Crippen LogP contribution in [0.15, 0.2) is 67.0 Å². The van der Waals surface area contributed by atoms with Crippen LogP contribution in [0.2, 0.25) is 0 Å². The van der Waals surface area contributed by atoms with E-state index in [-0.39, 0.29) is 23.3 Å². The number of carbonyl (C=O) groups is 1. The van der Waals surface area contributed by atoms with Gasteiger partial charge in [-0.05, 0) is 37.6 Å². The number of H-pyrrole nitrogens is 1. The van der Waals surface area contributed by atoms with Gasteiger partial charge in [-0.25, -0.2) is 9.50 Å². The van der Waals surface area contributed by atoms with E-state index in [4.69, 9.17) is 5.73 Å². The first-order chi connectivity index (χ1) is 17.1. The minimum absolute atomic E-state index is 0.138. The number of hydrogen-bond acceptors (Lipinski definition) is 4. The molecule has 1 atom stereocenters. The van der Waals surface area contributed by atoms with Crippen molar-refractivity contribution in [2.45, 2.75) is 33.7 Å². The Morgan fingerprint density at radius 1 is 1.11 bits per heavy atom. The molecule has 5 aromatic rings. The number of rotatable bonds is 4. The molecule has 0 saturated heterocycles. The van der Waals surface area contributed by atoms with E-state index in [0.717, 1.165) is 33.3 Å². The van der Waals surface area contributed by atoms with Gasteiger partial charge in [0.1, 0.15) is 5.56 Å². The minimum Gasteiger partial charge on any atom is -0.381 e. The maximum Gasteiger partial charge on any atom is 0.259 e. The minimum atomic E-state index is -0.347. The molecule has 0 aliphatic carbocycles. The van der Waals surface area contributed by atoms with Gasteiger partial charge < -0.3 is 16.0 Å². The van der Waals surface area contributed by atoms with Gasteiger partial charge in [0.25, 0.3) is 5.91 Å². The van der Waals surface area contributed by atoms with Crippen LogP contribution >= 0.6 is 0 Å². The lowest BCUT2D eigenvalue weighted by molar-refractivity contribution is 0.0941. The van der Waals surface area contributed by atoms with Crippen molar-refractivity contribution < 1.29 is 4.79 Å². The molecule has 1 amide bonds. The number of nitrogen functional groups attached to an aromatic ring is 1. The fourth-order valence-electron chi connectivity index (χ4n) is 4.20. The lowest BCUT2D eigenvalue weighted by Crippen LogP contribution is -2.28. The lowest BCUT2D eigenvalue weighted by atomic mass is 9.96. The number of fused-ring (bicyclic) bond motifs is 2. The smallest absolute Gasteiger partial charge is 0.259 e. The first-order valence-electron chi connectivity index (χ1n) is 11.6. The van der Waals surface area contributed by atoms with Gasteiger partial charge in [-0.3, -0.25) is 4.79 Å². The van der Waals surface area contributed by atoms with E-state index in [9.17, 15) is 4.79 Å². The summed E-state index contributed by atoms with van der Waals surface area (Å²) in [6.07, 6.45) is 3.32. The summed E-state index contributed by atoms with van der Waals surface area (Å²) < 4.78 is 1.50. The largest absolute Gasteiger partial charge is 0.381 e. The highest BCUT2D eigenvalue weighted by Crippen LogP contribution is 2.37. The summed E-state index contributed by atoms with van der Waals surface area (Å²) in [5, 5.41) is 8.30. The predicted octanol–water partition coefficient (Wildman–Crippen LogP) is 5.35. The monoisotopic (exact) mass is 464 g/mol. The van der Waals surface area contributed by atoms with Crippen LogP contribution < -0.4 is 11.1 Å². The van der Waals surface area contributed by atoms with Crippen molar-refractivity contribution in [1.29, 1.82) is 0 Å². The number of anilines is 1. The van der Waals surface area contributed by atoms with Gasteiger partial charge in [-0.15, -0.1) is 11.0 Å². The number of aromatic amines is 1. The highest BCUT2D eigenvalue weighted by Gasteiger charge is 2.24. The van der Waals surface area contributed by atoms with E-state index < -0.39 is 0 Å². The molecule has 4 N–H and O–H groups in total. The number of hydrogen-bond donors (Lipinski definition) is 3. The first-order valence-corrected chi connectivity index (χ1v) is 11.6. The van der Waals surface area contributed by atoms with E-state index in [0.29, 0.717) is 5.65 Å². The summed E-state index contributed by atoms with van der Waals surface area (Å²) in [5.74, 6) is 6.02. The first kappa shape index (κ1) is 23.6. The Morgan fingerprint density at radius 2 is 1.89 bits per heavy atom. The Bertz CT molecular complexity index is 1550. The van der Waals surface area contributed by atoms with Crippen molar-refractivity contribution >= 4 is 28.3 Å². The number of aromatic nitrogens is 4. The summed E-state index contributed by atoms with van der Waals surface area (Å²) in [6, 6.07) is 17.5. The molecule has 7 nitrogen and oxygen atoms in total. The van der Waals surface area contributed by atoms with Crippen molar-refractivity contribution in [3.8, 4) is 23.0 Å². The van der Waals surface area contributed by atoms with E-state index in [1.165, 1.54) is 4.52 Å². The Hall–Kier alpha value is -4.57. The highest BCUT2D eigenvalue weighted by atomic mass is 16.1. The lowest BCUT2D eigenvalue weighted by Gasteiger charge is -2.15. The van der Waals surface area contributed by atoms with Crippen LogP contribution in [-0.4, -0.2) is 25.5 Å². The molecule has 0 bridgehead atoms. The molecule has 0 fully saturated rings. The fourth-order valence-corrected chi connectivity index (χ4v) is 4.20. The maximum atomic E-state index is 13.2. The number of amides is 1. The third-order valence-electron chi connectivity index (χ3n) is 5.61. The number of carbonyl (C=O) groups excluding carboxylic acids is 1. The van der Waals surface area contributed by atoms with Crippen molar-refractivity contribution in [2.24, 2.45) is 0 Å². The van der Waals surface area contributed by atoms with E-state index in [1.54, 1.807) is 18.5 Å². The second-order valence-corrected chi connectivity index (χ2v) is 7.73. The van der Waals surface area contributed by atoms with Crippen LogP contribution in [0.1, 0.15) is 55.4 Å². The SMILES string of the molecule is CC.CC#Cc1cccc2[nH]c(C(C)NC(=O)c3c(N)nn4cccnc34)c(-c3ccccc3)c12. The molecular weight excluding hydrogens is 436 g/mol. The van der Waals surface area contributed by atoms with Gasteiger partial charge in [-0.1, -0.05) is 56.2 Å². The Kier molecular flexibility index (Phi) is 6.83. The Labute approximate surface area is 204 Å². The van der Waals surface area contributed by atoms with E-state index >= 15 is 0 Å². The van der Waals surface area contributed by atoms with Crippen LogP contribution in [0.25, 0.3) is 27.7 Å². The highest BCUT2D eigenvalue weighted by molar-refractivity contribution is 6.05. The van der Waals surface area contributed by atoms with Crippen molar-refractivity contribution in [3.63, 3.8) is 0 Å². The van der Waals surface area contributed by atoms with Gasteiger partial charge >= 0.3 is 0 Å². The van der Waals surface area contributed by atoms with Crippen LogP contribution in [0, 0.1) is 11.8 Å². The average Bonchev–Trinajstić information content (AvgIpc) is 3.44. The molecule has 0 aliphatic heterocycles. The van der Waals surface area contributed by atoms with Crippen LogP contribution in [0.5, 0.6) is 0 Å². The Morgan fingerprint density at radius 3 is 2.63 bits per heavy atom. The van der Waals surface area contributed by atoms with Crippen LogP contribution in [0.4, 0.5) is 5.82 Å². The maximum absolute atomic E-state index is 13.2. The summed E-state index contributed by atoms with van der Waals surface area (Å²) >= 11 is 0. The Balaban J connectivity index is 0.00000141. The second-order valence-electron chi connectivity index (χ2n) is 7.73. The zero-order chi connectivity index (χ0) is 24.9. The van der Waals surface area contributed by atoms with Gasteiger partial charge in [0.15, 0.2) is 11.5 Å². The molecule has 35 heavy (non-hydrogen) atoms. The molecule has 0 spiro atoms. The fraction of sp³-hybridized carbons (Fsp3) is 0.179. The molecule has 0 aliphatic rings. The van der Waals surface area contributed by atoms with E-state index in [2.05, 4.69) is 44.4 Å². The number of nitrogens with one attached hydrogen (secondary N) is 2. The quantitative estimate of drug-likeness (QED) is 0.312. The van der Waals surface area contributed by atoms with Gasteiger partial charge in [-0.2, -0.15) is 0 Å². The van der Waals surface area contributed by atoms with Crippen LogP contribution in [0.3, 0.4) is 0 Å². The molecule has 0 saturated carbocycles. The van der Waals surface area contributed by atoms with E-state index in [1.807, 2.05) is 64.1 Å². The van der Waals surface area contributed by atoms with Crippen molar-refractivity contribution in [1.82, 2.24) is 24.9 Å². The number of nitrogens with zero attached hydrogens (tertiary/aromatic N) is 3. The van der Waals surface area contributed by atoms with Gasteiger partial charge in [0, 0.05) is 40.1 Å². The summed E-state index contributed by atoms with van der Waals surface area (Å²) in [5.41, 5.74) is 11.6. The molecule has 5 rings (SSSR count). The number of benzene rings is 2. The zero-order valence-corrected chi connectivity index (χ0v) is 20.3. The second kappa shape index (κ2) is 10.1. The number of nitrogens with two attached hydrogens (primary N) is 1. The van der Waals surface area contributed by atoms with Crippen molar-refractivity contribution in [2.75, 3.05) is 5.73 Å².